The first-order chi connectivity index (χ1) is 9.16. The highest BCUT2D eigenvalue weighted by Gasteiger charge is 2.17. The molecule has 2 atom stereocenters. The summed E-state index contributed by atoms with van der Waals surface area (Å²) < 4.78 is 1.68. The number of carbonyl (C=O) groups is 1. The van der Waals surface area contributed by atoms with Crippen molar-refractivity contribution < 1.29 is 4.79 Å². The molecule has 6 heteroatoms. The summed E-state index contributed by atoms with van der Waals surface area (Å²) in [6.07, 6.45) is 3.09. The van der Waals surface area contributed by atoms with E-state index in [1.807, 2.05) is 30.3 Å². The highest BCUT2D eigenvalue weighted by Crippen LogP contribution is 2.14. The van der Waals surface area contributed by atoms with Gasteiger partial charge in [0.05, 0.1) is 18.6 Å². The minimum atomic E-state index is -0.540. The maximum Gasteiger partial charge on any atom is 0.237 e. The maximum absolute atomic E-state index is 11.8. The van der Waals surface area contributed by atoms with Crippen LogP contribution in [0.15, 0.2) is 43.0 Å². The lowest BCUT2D eigenvalue weighted by Gasteiger charge is -2.20. The summed E-state index contributed by atoms with van der Waals surface area (Å²) in [5.74, 6) is -0.186. The predicted molar refractivity (Wildman–Crippen MR) is 71.0 cm³/mol. The van der Waals surface area contributed by atoms with Gasteiger partial charge in [-0.15, -0.1) is 0 Å². The van der Waals surface area contributed by atoms with Crippen molar-refractivity contribution >= 4 is 5.91 Å². The minimum Gasteiger partial charge on any atom is -0.346 e. The van der Waals surface area contributed by atoms with Gasteiger partial charge < -0.3 is 11.1 Å². The van der Waals surface area contributed by atoms with Crippen LogP contribution in [-0.2, 0) is 11.3 Å². The zero-order valence-corrected chi connectivity index (χ0v) is 10.7. The molecule has 1 aromatic carbocycles. The molecule has 0 saturated heterocycles. The van der Waals surface area contributed by atoms with Crippen LogP contribution < -0.4 is 11.1 Å². The highest BCUT2D eigenvalue weighted by atomic mass is 16.2. The van der Waals surface area contributed by atoms with Crippen molar-refractivity contribution in [3.8, 4) is 0 Å². The number of hydrogen-bond acceptors (Lipinski definition) is 4. The van der Waals surface area contributed by atoms with E-state index >= 15 is 0 Å². The molecule has 0 aliphatic rings. The fourth-order valence-corrected chi connectivity index (χ4v) is 1.74. The van der Waals surface area contributed by atoms with Gasteiger partial charge in [0.2, 0.25) is 5.91 Å². The minimum absolute atomic E-state index is 0.179. The maximum atomic E-state index is 11.8. The quantitative estimate of drug-likeness (QED) is 0.818. The molecule has 2 rings (SSSR count). The van der Waals surface area contributed by atoms with Gasteiger partial charge in [-0.25, -0.2) is 4.98 Å². The third-order valence-electron chi connectivity index (χ3n) is 2.77. The molecule has 6 nitrogen and oxygen atoms in total. The van der Waals surface area contributed by atoms with E-state index < -0.39 is 6.04 Å². The molecule has 1 amide bonds. The number of amides is 1. The fraction of sp³-hybridized carbons (Fsp3) is 0.308. The molecule has 100 valence electrons. The Kier molecular flexibility index (Phi) is 4.25. The molecule has 1 aromatic heterocycles. The normalized spacial score (nSPS) is 13.8. The third kappa shape index (κ3) is 3.62. The smallest absolute Gasteiger partial charge is 0.237 e. The topological polar surface area (TPSA) is 85.8 Å². The van der Waals surface area contributed by atoms with E-state index in [-0.39, 0.29) is 11.9 Å². The number of aromatic nitrogens is 3. The van der Waals surface area contributed by atoms with Crippen molar-refractivity contribution in [1.82, 2.24) is 20.1 Å². The molecule has 0 aliphatic heterocycles. The van der Waals surface area contributed by atoms with Gasteiger partial charge in [0.1, 0.15) is 12.7 Å². The van der Waals surface area contributed by atoms with Crippen molar-refractivity contribution in [1.29, 1.82) is 0 Å². The summed E-state index contributed by atoms with van der Waals surface area (Å²) in [6, 6.07) is 9.00. The Labute approximate surface area is 111 Å². The SMILES string of the molecule is C[C@@H](N)C(=O)N[C@@H](Cn1cncn1)c1ccccc1. The van der Waals surface area contributed by atoms with Gasteiger partial charge in [-0.05, 0) is 12.5 Å². The van der Waals surface area contributed by atoms with E-state index in [2.05, 4.69) is 15.4 Å². The van der Waals surface area contributed by atoms with Crippen LogP contribution >= 0.6 is 0 Å². The molecule has 0 unspecified atom stereocenters. The first-order valence-electron chi connectivity index (χ1n) is 6.10. The Bertz CT molecular complexity index is 509. The van der Waals surface area contributed by atoms with Gasteiger partial charge in [-0.3, -0.25) is 9.48 Å². The standard InChI is InChI=1S/C13H17N5O/c1-10(14)13(19)17-12(7-18-9-15-8-16-18)11-5-3-2-4-6-11/h2-6,8-10,12H,7,14H2,1H3,(H,17,19)/t10-,12+/m1/s1. The average molecular weight is 259 g/mol. The van der Waals surface area contributed by atoms with Crippen LogP contribution in [0.25, 0.3) is 0 Å². The number of carbonyl (C=O) groups excluding carboxylic acids is 1. The summed E-state index contributed by atoms with van der Waals surface area (Å²) in [5, 5.41) is 6.98. The number of rotatable bonds is 5. The van der Waals surface area contributed by atoms with Crippen LogP contribution in [0.4, 0.5) is 0 Å². The lowest BCUT2D eigenvalue weighted by molar-refractivity contribution is -0.122. The zero-order chi connectivity index (χ0) is 13.7. The van der Waals surface area contributed by atoms with Crippen LogP contribution in [0, 0.1) is 0 Å². The Balaban J connectivity index is 2.16. The van der Waals surface area contributed by atoms with Crippen molar-refractivity contribution in [2.24, 2.45) is 5.73 Å². The Morgan fingerprint density at radius 1 is 1.42 bits per heavy atom. The summed E-state index contributed by atoms with van der Waals surface area (Å²) in [4.78, 5) is 15.7. The molecule has 3 N–H and O–H groups in total. The van der Waals surface area contributed by atoms with E-state index in [0.29, 0.717) is 6.54 Å². The summed E-state index contributed by atoms with van der Waals surface area (Å²) in [6.45, 7) is 2.18. The number of hydrogen-bond donors (Lipinski definition) is 2. The second kappa shape index (κ2) is 6.10. The molecule has 0 radical (unpaired) electrons. The van der Waals surface area contributed by atoms with Crippen molar-refractivity contribution in [2.75, 3.05) is 0 Å². The Hall–Kier alpha value is -2.21. The largest absolute Gasteiger partial charge is 0.346 e. The van der Waals surface area contributed by atoms with Gasteiger partial charge in [0, 0.05) is 0 Å². The lowest BCUT2D eigenvalue weighted by Crippen LogP contribution is -2.41. The summed E-state index contributed by atoms with van der Waals surface area (Å²) >= 11 is 0. The number of nitrogens with one attached hydrogen (secondary N) is 1. The van der Waals surface area contributed by atoms with Crippen molar-refractivity contribution in [3.63, 3.8) is 0 Å². The van der Waals surface area contributed by atoms with Crippen molar-refractivity contribution in [2.45, 2.75) is 25.6 Å². The molecule has 19 heavy (non-hydrogen) atoms. The number of nitrogens with two attached hydrogens (primary N) is 1. The first kappa shape index (κ1) is 13.2. The zero-order valence-electron chi connectivity index (χ0n) is 10.7. The van der Waals surface area contributed by atoms with Crippen molar-refractivity contribution in [3.05, 3.63) is 48.5 Å². The Morgan fingerprint density at radius 3 is 2.74 bits per heavy atom. The number of benzene rings is 1. The van der Waals surface area contributed by atoms with E-state index in [0.717, 1.165) is 5.56 Å². The van der Waals surface area contributed by atoms with Gasteiger partial charge in [0.25, 0.3) is 0 Å². The van der Waals surface area contributed by atoms with E-state index in [4.69, 9.17) is 5.73 Å². The molecule has 2 aromatic rings. The van der Waals surface area contributed by atoms with E-state index in [1.54, 1.807) is 17.9 Å². The monoisotopic (exact) mass is 259 g/mol. The van der Waals surface area contributed by atoms with Crippen LogP contribution in [0.3, 0.4) is 0 Å². The molecule has 0 fully saturated rings. The molecule has 0 aliphatic carbocycles. The van der Waals surface area contributed by atoms with Gasteiger partial charge >= 0.3 is 0 Å². The summed E-state index contributed by atoms with van der Waals surface area (Å²) in [7, 11) is 0. The van der Waals surface area contributed by atoms with Gasteiger partial charge in [-0.1, -0.05) is 30.3 Å². The molecular weight excluding hydrogens is 242 g/mol. The number of nitrogens with zero attached hydrogens (tertiary/aromatic N) is 3. The first-order valence-corrected chi connectivity index (χ1v) is 6.10. The van der Waals surface area contributed by atoms with Crippen LogP contribution in [0.1, 0.15) is 18.5 Å². The van der Waals surface area contributed by atoms with Crippen LogP contribution in [0.2, 0.25) is 0 Å². The van der Waals surface area contributed by atoms with Crippen LogP contribution in [0.5, 0.6) is 0 Å². The average Bonchev–Trinajstić information content (AvgIpc) is 2.91. The molecular formula is C13H17N5O. The van der Waals surface area contributed by atoms with E-state index in [9.17, 15) is 4.79 Å². The van der Waals surface area contributed by atoms with E-state index in [1.165, 1.54) is 6.33 Å². The highest BCUT2D eigenvalue weighted by molar-refractivity contribution is 5.81. The second-order valence-electron chi connectivity index (χ2n) is 4.38. The Morgan fingerprint density at radius 2 is 2.16 bits per heavy atom. The molecule has 1 heterocycles. The van der Waals surface area contributed by atoms with Gasteiger partial charge in [0.15, 0.2) is 0 Å². The predicted octanol–water partition coefficient (Wildman–Crippen LogP) is 0.483. The molecule has 0 spiro atoms. The van der Waals surface area contributed by atoms with Crippen LogP contribution in [-0.4, -0.2) is 26.7 Å². The molecule has 0 bridgehead atoms. The summed E-state index contributed by atoms with van der Waals surface area (Å²) in [5.41, 5.74) is 6.60. The molecule has 0 saturated carbocycles. The van der Waals surface area contributed by atoms with Gasteiger partial charge in [-0.2, -0.15) is 5.10 Å². The lowest BCUT2D eigenvalue weighted by atomic mass is 10.1. The third-order valence-corrected chi connectivity index (χ3v) is 2.77. The second-order valence-corrected chi connectivity index (χ2v) is 4.38. The fourth-order valence-electron chi connectivity index (χ4n) is 1.74.